The first-order valence-electron chi connectivity index (χ1n) is 9.81. The molecule has 3 rings (SSSR count). The minimum absolute atomic E-state index is 0.0325. The summed E-state index contributed by atoms with van der Waals surface area (Å²) in [5.74, 6) is 0.549. The first-order valence-corrected chi connectivity index (χ1v) is 10.2. The van der Waals surface area contributed by atoms with Crippen molar-refractivity contribution < 1.29 is 19.1 Å². The lowest BCUT2D eigenvalue weighted by molar-refractivity contribution is -0.134. The third kappa shape index (κ3) is 5.87. The Labute approximate surface area is 175 Å². The normalized spacial score (nSPS) is 13.7. The van der Waals surface area contributed by atoms with Crippen molar-refractivity contribution in [3.8, 4) is 11.5 Å². The monoisotopic (exact) mass is 416 g/mol. The SMILES string of the molecule is CCOc1cc(C(=O)Nc2cccc(Cl)c2)ccc1OCC(=O)N1CCCCC1. The molecule has 0 bridgehead atoms. The summed E-state index contributed by atoms with van der Waals surface area (Å²) in [5, 5.41) is 3.34. The Morgan fingerprint density at radius 1 is 1.03 bits per heavy atom. The summed E-state index contributed by atoms with van der Waals surface area (Å²) in [4.78, 5) is 26.7. The van der Waals surface area contributed by atoms with Crippen LogP contribution in [0.4, 0.5) is 5.69 Å². The molecular weight excluding hydrogens is 392 g/mol. The number of piperidine rings is 1. The largest absolute Gasteiger partial charge is 0.490 e. The molecule has 154 valence electrons. The second-order valence-corrected chi connectivity index (χ2v) is 7.23. The van der Waals surface area contributed by atoms with Crippen LogP contribution in [0.5, 0.6) is 11.5 Å². The fraction of sp³-hybridized carbons (Fsp3) is 0.364. The number of nitrogens with one attached hydrogen (secondary N) is 1. The average Bonchev–Trinajstić information content (AvgIpc) is 2.73. The molecule has 1 heterocycles. The van der Waals surface area contributed by atoms with Crippen LogP contribution in [0, 0.1) is 0 Å². The number of anilines is 1. The number of hydrogen-bond donors (Lipinski definition) is 1. The molecule has 0 spiro atoms. The molecule has 1 aliphatic rings. The van der Waals surface area contributed by atoms with Crippen LogP contribution < -0.4 is 14.8 Å². The molecule has 1 N–H and O–H groups in total. The Kier molecular flexibility index (Phi) is 7.36. The molecule has 1 fully saturated rings. The minimum atomic E-state index is -0.288. The van der Waals surface area contributed by atoms with E-state index in [1.807, 2.05) is 11.8 Å². The Hall–Kier alpha value is -2.73. The quantitative estimate of drug-likeness (QED) is 0.727. The Morgan fingerprint density at radius 2 is 1.83 bits per heavy atom. The molecule has 2 amide bonds. The summed E-state index contributed by atoms with van der Waals surface area (Å²) in [7, 11) is 0. The zero-order chi connectivity index (χ0) is 20.6. The topological polar surface area (TPSA) is 67.9 Å². The maximum Gasteiger partial charge on any atom is 0.260 e. The van der Waals surface area contributed by atoms with Gasteiger partial charge in [-0.05, 0) is 62.6 Å². The van der Waals surface area contributed by atoms with Crippen LogP contribution in [-0.4, -0.2) is 43.0 Å². The maximum atomic E-state index is 12.6. The molecule has 0 atom stereocenters. The van der Waals surface area contributed by atoms with Gasteiger partial charge in [0.1, 0.15) is 0 Å². The fourth-order valence-electron chi connectivity index (χ4n) is 3.18. The molecule has 2 aromatic carbocycles. The molecule has 29 heavy (non-hydrogen) atoms. The summed E-state index contributed by atoms with van der Waals surface area (Å²) in [6.07, 6.45) is 3.23. The molecule has 2 aromatic rings. The van der Waals surface area contributed by atoms with Crippen LogP contribution in [0.25, 0.3) is 0 Å². The number of halogens is 1. The number of carbonyl (C=O) groups is 2. The van der Waals surface area contributed by atoms with Gasteiger partial charge in [0.15, 0.2) is 18.1 Å². The predicted molar refractivity (Wildman–Crippen MR) is 113 cm³/mol. The second-order valence-electron chi connectivity index (χ2n) is 6.79. The van der Waals surface area contributed by atoms with E-state index in [1.165, 1.54) is 0 Å². The molecule has 1 aliphatic heterocycles. The number of carbonyl (C=O) groups excluding carboxylic acids is 2. The predicted octanol–water partition coefficient (Wildman–Crippen LogP) is 4.38. The molecule has 0 aromatic heterocycles. The molecule has 0 saturated carbocycles. The fourth-order valence-corrected chi connectivity index (χ4v) is 3.37. The maximum absolute atomic E-state index is 12.6. The zero-order valence-electron chi connectivity index (χ0n) is 16.4. The van der Waals surface area contributed by atoms with Gasteiger partial charge in [0, 0.05) is 29.4 Å². The summed E-state index contributed by atoms with van der Waals surface area (Å²) in [6, 6.07) is 11.8. The molecule has 0 aliphatic carbocycles. The van der Waals surface area contributed by atoms with Crippen molar-refractivity contribution in [1.29, 1.82) is 0 Å². The van der Waals surface area contributed by atoms with E-state index in [-0.39, 0.29) is 18.4 Å². The number of likely N-dealkylation sites (tertiary alicyclic amines) is 1. The van der Waals surface area contributed by atoms with E-state index >= 15 is 0 Å². The van der Waals surface area contributed by atoms with E-state index in [2.05, 4.69) is 5.32 Å². The summed E-state index contributed by atoms with van der Waals surface area (Å²) >= 11 is 5.96. The van der Waals surface area contributed by atoms with Crippen LogP contribution in [0.1, 0.15) is 36.5 Å². The van der Waals surface area contributed by atoms with Crippen molar-refractivity contribution in [2.24, 2.45) is 0 Å². The Bertz CT molecular complexity index is 866. The van der Waals surface area contributed by atoms with E-state index in [1.54, 1.807) is 42.5 Å². The van der Waals surface area contributed by atoms with Gasteiger partial charge in [-0.2, -0.15) is 0 Å². The van der Waals surface area contributed by atoms with Crippen molar-refractivity contribution in [1.82, 2.24) is 4.90 Å². The van der Waals surface area contributed by atoms with Crippen LogP contribution in [-0.2, 0) is 4.79 Å². The van der Waals surface area contributed by atoms with Gasteiger partial charge in [-0.15, -0.1) is 0 Å². The van der Waals surface area contributed by atoms with Gasteiger partial charge in [-0.1, -0.05) is 17.7 Å². The summed E-state index contributed by atoms with van der Waals surface area (Å²) in [6.45, 7) is 3.78. The van der Waals surface area contributed by atoms with E-state index in [9.17, 15) is 9.59 Å². The van der Waals surface area contributed by atoms with E-state index in [4.69, 9.17) is 21.1 Å². The molecule has 7 heteroatoms. The van der Waals surface area contributed by atoms with Crippen LogP contribution in [0.2, 0.25) is 5.02 Å². The third-order valence-electron chi connectivity index (χ3n) is 4.65. The number of rotatable bonds is 7. The number of ether oxygens (including phenoxy) is 2. The van der Waals surface area contributed by atoms with Gasteiger partial charge in [-0.25, -0.2) is 0 Å². The van der Waals surface area contributed by atoms with E-state index < -0.39 is 0 Å². The van der Waals surface area contributed by atoms with Crippen molar-refractivity contribution >= 4 is 29.1 Å². The smallest absolute Gasteiger partial charge is 0.260 e. The highest BCUT2D eigenvalue weighted by Gasteiger charge is 2.18. The highest BCUT2D eigenvalue weighted by molar-refractivity contribution is 6.31. The first kappa shape index (κ1) is 21.0. The average molecular weight is 417 g/mol. The molecule has 6 nitrogen and oxygen atoms in total. The number of nitrogens with zero attached hydrogens (tertiary/aromatic N) is 1. The second kappa shape index (κ2) is 10.2. The molecule has 0 radical (unpaired) electrons. The van der Waals surface area contributed by atoms with Gasteiger partial charge in [0.25, 0.3) is 11.8 Å². The molecular formula is C22H25ClN2O4. The standard InChI is InChI=1S/C22H25ClN2O4/c1-2-28-20-13-16(22(27)24-18-8-6-7-17(23)14-18)9-10-19(20)29-15-21(26)25-11-4-3-5-12-25/h6-10,13-14H,2-5,11-12,15H2,1H3,(H,24,27). The van der Waals surface area contributed by atoms with Crippen molar-refractivity contribution in [3.63, 3.8) is 0 Å². The number of hydrogen-bond acceptors (Lipinski definition) is 4. The van der Waals surface area contributed by atoms with Crippen molar-refractivity contribution in [2.45, 2.75) is 26.2 Å². The number of benzene rings is 2. The van der Waals surface area contributed by atoms with Gasteiger partial charge < -0.3 is 19.7 Å². The van der Waals surface area contributed by atoms with Crippen LogP contribution in [0.3, 0.4) is 0 Å². The van der Waals surface area contributed by atoms with Gasteiger partial charge in [0.2, 0.25) is 0 Å². The highest BCUT2D eigenvalue weighted by Crippen LogP contribution is 2.29. The van der Waals surface area contributed by atoms with Gasteiger partial charge >= 0.3 is 0 Å². The lowest BCUT2D eigenvalue weighted by atomic mass is 10.1. The zero-order valence-corrected chi connectivity index (χ0v) is 17.2. The summed E-state index contributed by atoms with van der Waals surface area (Å²) < 4.78 is 11.3. The first-order chi connectivity index (χ1) is 14.1. The van der Waals surface area contributed by atoms with Crippen LogP contribution in [0.15, 0.2) is 42.5 Å². The highest BCUT2D eigenvalue weighted by atomic mass is 35.5. The van der Waals surface area contributed by atoms with Crippen LogP contribution >= 0.6 is 11.6 Å². The lowest BCUT2D eigenvalue weighted by Gasteiger charge is -2.26. The van der Waals surface area contributed by atoms with Gasteiger partial charge in [0.05, 0.1) is 6.61 Å². The van der Waals surface area contributed by atoms with E-state index in [0.717, 1.165) is 32.4 Å². The molecule has 1 saturated heterocycles. The number of amides is 2. The lowest BCUT2D eigenvalue weighted by Crippen LogP contribution is -2.38. The minimum Gasteiger partial charge on any atom is -0.490 e. The molecule has 0 unspecified atom stereocenters. The summed E-state index contributed by atoms with van der Waals surface area (Å²) in [5.41, 5.74) is 1.02. The van der Waals surface area contributed by atoms with Gasteiger partial charge in [-0.3, -0.25) is 9.59 Å². The van der Waals surface area contributed by atoms with Crippen molar-refractivity contribution in [2.75, 3.05) is 31.6 Å². The van der Waals surface area contributed by atoms with E-state index in [0.29, 0.717) is 34.4 Å². The Balaban J connectivity index is 1.67. The third-order valence-corrected chi connectivity index (χ3v) is 4.88. The Morgan fingerprint density at radius 3 is 2.55 bits per heavy atom. The van der Waals surface area contributed by atoms with Crippen molar-refractivity contribution in [3.05, 3.63) is 53.1 Å².